The van der Waals surface area contributed by atoms with Crippen molar-refractivity contribution in [1.82, 2.24) is 0 Å². The summed E-state index contributed by atoms with van der Waals surface area (Å²) in [6.07, 6.45) is -0.981. The first-order valence-electron chi connectivity index (χ1n) is 11.2. The Kier molecular flexibility index (Phi) is 5.82. The maximum absolute atomic E-state index is 13.9. The summed E-state index contributed by atoms with van der Waals surface area (Å²) in [7, 11) is 4.68. The van der Waals surface area contributed by atoms with E-state index in [2.05, 4.69) is 0 Å². The summed E-state index contributed by atoms with van der Waals surface area (Å²) in [6.45, 7) is 1.96. The molecule has 3 unspecified atom stereocenters. The lowest BCUT2D eigenvalue weighted by molar-refractivity contribution is -0.126. The van der Waals surface area contributed by atoms with Crippen molar-refractivity contribution < 1.29 is 28.6 Å². The van der Waals surface area contributed by atoms with Gasteiger partial charge in [-0.05, 0) is 42.8 Å². The van der Waals surface area contributed by atoms with E-state index in [0.29, 0.717) is 22.9 Å². The van der Waals surface area contributed by atoms with Gasteiger partial charge in [-0.25, -0.2) is 9.96 Å². The van der Waals surface area contributed by atoms with Crippen molar-refractivity contribution >= 4 is 23.2 Å². The van der Waals surface area contributed by atoms with Gasteiger partial charge in [0.2, 0.25) is 5.91 Å². The first kappa shape index (κ1) is 22.7. The highest BCUT2D eigenvalue weighted by Crippen LogP contribution is 2.50. The van der Waals surface area contributed by atoms with E-state index in [1.165, 1.54) is 12.0 Å². The summed E-state index contributed by atoms with van der Waals surface area (Å²) in [6, 6.07) is 19.4. The van der Waals surface area contributed by atoms with Gasteiger partial charge in [0.1, 0.15) is 23.2 Å². The molecule has 3 aromatic rings. The molecule has 3 aromatic carbocycles. The molecular weight excluding hydrogens is 448 g/mol. The van der Waals surface area contributed by atoms with E-state index in [1.807, 2.05) is 43.3 Å². The minimum Gasteiger partial charge on any atom is -0.497 e. The Morgan fingerprint density at radius 2 is 1.54 bits per heavy atom. The van der Waals surface area contributed by atoms with Crippen LogP contribution in [0.15, 0.2) is 66.7 Å². The molecule has 180 valence electrons. The van der Waals surface area contributed by atoms with Crippen LogP contribution in [0.2, 0.25) is 0 Å². The number of anilines is 2. The lowest BCUT2D eigenvalue weighted by atomic mass is 9.89. The van der Waals surface area contributed by atoms with Crippen LogP contribution in [0.5, 0.6) is 17.2 Å². The zero-order valence-electron chi connectivity index (χ0n) is 19.9. The second kappa shape index (κ2) is 8.96. The molecule has 0 saturated carbocycles. The molecule has 5 rings (SSSR count). The van der Waals surface area contributed by atoms with Crippen LogP contribution in [0.25, 0.3) is 0 Å². The van der Waals surface area contributed by atoms with Crippen LogP contribution >= 0.6 is 0 Å². The number of ether oxygens (including phenoxy) is 3. The standard InChI is InChI=1S/C27H26N2O6/c1-16-8-5-6-11-21(16)29-24(20-13-12-19(33-3)15-22(20)34-4)23-25(35-29)27(31)28(26(23)30)17-9-7-10-18(14-17)32-2/h5-15,23-25H,1-4H3. The Morgan fingerprint density at radius 1 is 0.800 bits per heavy atom. The van der Waals surface area contributed by atoms with Gasteiger partial charge in [0.25, 0.3) is 5.91 Å². The summed E-state index contributed by atoms with van der Waals surface area (Å²) in [5.41, 5.74) is 2.89. The van der Waals surface area contributed by atoms with Crippen molar-refractivity contribution in [2.45, 2.75) is 19.1 Å². The Bertz CT molecular complexity index is 1290. The molecule has 0 radical (unpaired) electrons. The number of hydrogen-bond acceptors (Lipinski definition) is 7. The van der Waals surface area contributed by atoms with Crippen LogP contribution < -0.4 is 24.2 Å². The third-order valence-electron chi connectivity index (χ3n) is 6.54. The predicted molar refractivity (Wildman–Crippen MR) is 130 cm³/mol. The number of imide groups is 1. The van der Waals surface area contributed by atoms with Gasteiger partial charge >= 0.3 is 0 Å². The number of methoxy groups -OCH3 is 3. The molecule has 0 bridgehead atoms. The van der Waals surface area contributed by atoms with Crippen LogP contribution in [-0.4, -0.2) is 39.2 Å². The third kappa shape index (κ3) is 3.66. The molecule has 2 heterocycles. The van der Waals surface area contributed by atoms with Crippen LogP contribution in [0.4, 0.5) is 11.4 Å². The van der Waals surface area contributed by atoms with Gasteiger partial charge in [0, 0.05) is 17.7 Å². The summed E-state index contributed by atoms with van der Waals surface area (Å²) in [5, 5.41) is 1.67. The van der Waals surface area contributed by atoms with Crippen LogP contribution in [0, 0.1) is 12.8 Å². The van der Waals surface area contributed by atoms with Crippen LogP contribution in [0.1, 0.15) is 17.2 Å². The van der Waals surface area contributed by atoms with Gasteiger partial charge in [-0.3, -0.25) is 14.4 Å². The summed E-state index contributed by atoms with van der Waals surface area (Å²) in [5.74, 6) is 0.174. The van der Waals surface area contributed by atoms with Crippen molar-refractivity contribution in [3.63, 3.8) is 0 Å². The first-order chi connectivity index (χ1) is 17.0. The van der Waals surface area contributed by atoms with Crippen molar-refractivity contribution in [2.24, 2.45) is 5.92 Å². The lowest BCUT2D eigenvalue weighted by Crippen LogP contribution is -2.37. The second-order valence-electron chi connectivity index (χ2n) is 8.43. The summed E-state index contributed by atoms with van der Waals surface area (Å²) < 4.78 is 16.3. The number of carbonyl (C=O) groups excluding carboxylic acids is 2. The highest BCUT2D eigenvalue weighted by atomic mass is 16.7. The monoisotopic (exact) mass is 474 g/mol. The number of rotatable bonds is 6. The van der Waals surface area contributed by atoms with Crippen LogP contribution in [-0.2, 0) is 14.4 Å². The quantitative estimate of drug-likeness (QED) is 0.499. The number of nitrogens with zero attached hydrogens (tertiary/aromatic N) is 2. The topological polar surface area (TPSA) is 77.5 Å². The fraction of sp³-hybridized carbons (Fsp3) is 0.259. The Hall–Kier alpha value is -4.04. The predicted octanol–water partition coefficient (Wildman–Crippen LogP) is 4.07. The number of fused-ring (bicyclic) bond motifs is 1. The largest absolute Gasteiger partial charge is 0.497 e. The van der Waals surface area contributed by atoms with Crippen LogP contribution in [0.3, 0.4) is 0 Å². The van der Waals surface area contributed by atoms with Gasteiger partial charge in [-0.1, -0.05) is 24.3 Å². The van der Waals surface area contributed by atoms with Gasteiger partial charge in [-0.15, -0.1) is 0 Å². The van der Waals surface area contributed by atoms with E-state index in [0.717, 1.165) is 16.8 Å². The van der Waals surface area contributed by atoms with Crippen molar-refractivity contribution in [3.8, 4) is 17.2 Å². The highest BCUT2D eigenvalue weighted by molar-refractivity contribution is 6.24. The molecule has 0 aromatic heterocycles. The normalized spacial score (nSPS) is 21.3. The smallest absolute Gasteiger partial charge is 0.266 e. The molecule has 2 saturated heterocycles. The average Bonchev–Trinajstić information content (AvgIpc) is 3.39. The molecule has 2 fully saturated rings. The highest BCUT2D eigenvalue weighted by Gasteiger charge is 2.61. The number of hydroxylamine groups is 1. The molecule has 0 aliphatic carbocycles. The molecule has 8 heteroatoms. The van der Waals surface area contributed by atoms with Crippen molar-refractivity contribution in [3.05, 3.63) is 77.9 Å². The molecule has 2 aliphatic rings. The minimum absolute atomic E-state index is 0.341. The van der Waals surface area contributed by atoms with Gasteiger partial charge in [0.05, 0.1) is 38.7 Å². The minimum atomic E-state index is -0.981. The second-order valence-corrected chi connectivity index (χ2v) is 8.43. The number of para-hydroxylation sites is 1. The first-order valence-corrected chi connectivity index (χ1v) is 11.2. The molecule has 8 nitrogen and oxygen atoms in total. The Balaban J connectivity index is 1.63. The molecule has 3 atom stereocenters. The van der Waals surface area contributed by atoms with Gasteiger partial charge < -0.3 is 14.2 Å². The number of aryl methyl sites for hydroxylation is 1. The summed E-state index contributed by atoms with van der Waals surface area (Å²) >= 11 is 0. The van der Waals surface area contributed by atoms with Crippen molar-refractivity contribution in [2.75, 3.05) is 31.3 Å². The summed E-state index contributed by atoms with van der Waals surface area (Å²) in [4.78, 5) is 34.9. The van der Waals surface area contributed by atoms with E-state index in [-0.39, 0.29) is 5.91 Å². The molecule has 0 spiro atoms. The molecule has 0 N–H and O–H groups in total. The average molecular weight is 475 g/mol. The van der Waals surface area contributed by atoms with Gasteiger partial charge in [0.15, 0.2) is 6.10 Å². The maximum atomic E-state index is 13.9. The number of benzene rings is 3. The van der Waals surface area contributed by atoms with E-state index in [4.69, 9.17) is 19.0 Å². The molecule has 2 amide bonds. The number of amides is 2. The maximum Gasteiger partial charge on any atom is 0.266 e. The van der Waals surface area contributed by atoms with Crippen molar-refractivity contribution in [1.29, 1.82) is 0 Å². The fourth-order valence-corrected chi connectivity index (χ4v) is 4.82. The molecule has 2 aliphatic heterocycles. The SMILES string of the molecule is COc1cccc(N2C(=O)C3ON(c4ccccc4C)C(c4ccc(OC)cc4OC)C3C2=O)c1. The number of carbonyl (C=O) groups is 2. The zero-order chi connectivity index (χ0) is 24.7. The van der Waals surface area contributed by atoms with E-state index >= 15 is 0 Å². The molecular formula is C27H26N2O6. The Labute approximate surface area is 203 Å². The fourth-order valence-electron chi connectivity index (χ4n) is 4.82. The molecule has 35 heavy (non-hydrogen) atoms. The zero-order valence-corrected chi connectivity index (χ0v) is 19.9. The Morgan fingerprint density at radius 3 is 2.26 bits per heavy atom. The van der Waals surface area contributed by atoms with E-state index in [9.17, 15) is 9.59 Å². The van der Waals surface area contributed by atoms with E-state index in [1.54, 1.807) is 49.6 Å². The van der Waals surface area contributed by atoms with E-state index < -0.39 is 24.0 Å². The number of hydrogen-bond donors (Lipinski definition) is 0. The lowest BCUT2D eigenvalue weighted by Gasteiger charge is -2.30. The van der Waals surface area contributed by atoms with Gasteiger partial charge in [-0.2, -0.15) is 0 Å². The third-order valence-corrected chi connectivity index (χ3v) is 6.54.